The number of ketones is 1. The highest BCUT2D eigenvalue weighted by Crippen LogP contribution is 2.52. The van der Waals surface area contributed by atoms with Crippen LogP contribution in [0.3, 0.4) is 0 Å². The molecule has 5 nitrogen and oxygen atoms in total. The third-order valence-corrected chi connectivity index (χ3v) is 9.37. The second-order valence-electron chi connectivity index (χ2n) is 6.16. The lowest BCUT2D eigenvalue weighted by molar-refractivity contribution is -0.116. The molecule has 138 valence electrons. The number of carbonyl (C=O) groups excluding carboxylic acids is 1. The van der Waals surface area contributed by atoms with Gasteiger partial charge in [-0.1, -0.05) is 39.5 Å². The van der Waals surface area contributed by atoms with E-state index in [1.165, 1.54) is 0 Å². The van der Waals surface area contributed by atoms with Crippen molar-refractivity contribution in [3.63, 3.8) is 0 Å². The molecule has 0 aromatic heterocycles. The fraction of sp³-hybridized carbons (Fsp3) is 0.938. The lowest BCUT2D eigenvalue weighted by atomic mass is 10.1. The molecule has 1 fully saturated rings. The molecule has 23 heavy (non-hydrogen) atoms. The van der Waals surface area contributed by atoms with Crippen LogP contribution in [0.1, 0.15) is 58.8 Å². The molecule has 0 aliphatic carbocycles. The molecule has 0 amide bonds. The number of rotatable bonds is 12. The van der Waals surface area contributed by atoms with Crippen molar-refractivity contribution in [2.45, 2.75) is 58.8 Å². The molecular weight excluding hydrogens is 336 g/mol. The summed E-state index contributed by atoms with van der Waals surface area (Å²) in [4.78, 5) is 12.3. The maximum atomic E-state index is 12.3. The average Bonchev–Trinajstić information content (AvgIpc) is 2.50. The summed E-state index contributed by atoms with van der Waals surface area (Å²) < 4.78 is 35.4. The predicted molar refractivity (Wildman–Crippen MR) is 96.6 cm³/mol. The Morgan fingerprint density at radius 3 is 2.30 bits per heavy atom. The smallest absolute Gasteiger partial charge is 0.276 e. The summed E-state index contributed by atoms with van der Waals surface area (Å²) >= 11 is 0. The van der Waals surface area contributed by atoms with Crippen LogP contribution in [0.2, 0.25) is 0 Å². The lowest BCUT2D eigenvalue weighted by Gasteiger charge is -2.40. The fourth-order valence-electron chi connectivity index (χ4n) is 2.55. The topological polar surface area (TPSA) is 69.7 Å². The Balaban J connectivity index is 2.61. The monoisotopic (exact) mass is 368 g/mol. The third-order valence-electron chi connectivity index (χ3n) is 3.93. The zero-order valence-corrected chi connectivity index (χ0v) is 16.2. The Hall–Kier alpha value is -0.110. The summed E-state index contributed by atoms with van der Waals surface area (Å²) in [6.45, 7) is 5.06. The van der Waals surface area contributed by atoms with Crippen molar-refractivity contribution < 1.29 is 21.6 Å². The molecule has 0 aromatic carbocycles. The molecule has 0 spiro atoms. The number of carbonyl (C=O) groups is 1. The molecule has 1 saturated heterocycles. The minimum atomic E-state index is -3.55. The number of hydrogen-bond donors (Lipinski definition) is 0. The zero-order valence-electron chi connectivity index (χ0n) is 14.6. The van der Waals surface area contributed by atoms with Gasteiger partial charge in [0, 0.05) is 17.9 Å². The Morgan fingerprint density at radius 1 is 1.04 bits per heavy atom. The van der Waals surface area contributed by atoms with E-state index < -0.39 is 20.4 Å². The minimum Gasteiger partial charge on any atom is -0.380 e. The van der Waals surface area contributed by atoms with Crippen molar-refractivity contribution in [3.05, 3.63) is 0 Å². The van der Waals surface area contributed by atoms with E-state index in [1.807, 2.05) is 6.92 Å². The largest absolute Gasteiger partial charge is 0.380 e. The van der Waals surface area contributed by atoms with E-state index in [9.17, 15) is 13.2 Å². The predicted octanol–water partition coefficient (Wildman–Crippen LogP) is 3.42. The number of Topliss-reactive ketones (excluding diaryl/α,β-unsaturated/α-hetero) is 1. The third kappa shape index (κ3) is 8.52. The first-order chi connectivity index (χ1) is 10.9. The van der Waals surface area contributed by atoms with E-state index in [-0.39, 0.29) is 17.3 Å². The highest BCUT2D eigenvalue weighted by atomic mass is 32.3. The van der Waals surface area contributed by atoms with Gasteiger partial charge in [-0.2, -0.15) is 8.42 Å². The molecule has 0 bridgehead atoms. The molecule has 1 rings (SSSR count). The van der Waals surface area contributed by atoms with Gasteiger partial charge >= 0.3 is 0 Å². The van der Waals surface area contributed by atoms with Crippen molar-refractivity contribution in [3.8, 4) is 0 Å². The zero-order chi connectivity index (χ0) is 17.2. The van der Waals surface area contributed by atoms with Gasteiger partial charge in [0.2, 0.25) is 0 Å². The molecule has 0 unspecified atom stereocenters. The van der Waals surface area contributed by atoms with E-state index in [2.05, 4.69) is 6.92 Å². The first kappa shape index (κ1) is 20.9. The van der Waals surface area contributed by atoms with Crippen LogP contribution >= 0.6 is 10.3 Å². The van der Waals surface area contributed by atoms with E-state index in [0.717, 1.165) is 32.1 Å². The van der Waals surface area contributed by atoms with Gasteiger partial charge in [-0.3, -0.25) is 4.79 Å². The van der Waals surface area contributed by atoms with E-state index in [4.69, 9.17) is 8.37 Å². The summed E-state index contributed by atoms with van der Waals surface area (Å²) in [5.41, 5.74) is 0. The molecular formula is C16H32O5S2. The van der Waals surface area contributed by atoms with Crippen LogP contribution in [-0.4, -0.2) is 50.4 Å². The molecule has 1 aliphatic rings. The normalized spacial score (nSPS) is 19.4. The second kappa shape index (κ2) is 10.7. The van der Waals surface area contributed by atoms with Gasteiger partial charge in [-0.25, -0.2) is 3.63 Å². The van der Waals surface area contributed by atoms with Crippen molar-refractivity contribution in [1.82, 2.24) is 0 Å². The number of unbranched alkanes of at least 4 members (excludes halogenated alkanes) is 4. The van der Waals surface area contributed by atoms with E-state index in [0.29, 0.717) is 37.6 Å². The highest BCUT2D eigenvalue weighted by Gasteiger charge is 2.35. The molecule has 0 atom stereocenters. The maximum Gasteiger partial charge on any atom is 0.276 e. The van der Waals surface area contributed by atoms with Gasteiger partial charge in [-0.15, -0.1) is 10.3 Å². The Bertz CT molecular complexity index is 441. The fourth-order valence-corrected chi connectivity index (χ4v) is 8.03. The van der Waals surface area contributed by atoms with Crippen molar-refractivity contribution in [2.75, 3.05) is 36.2 Å². The van der Waals surface area contributed by atoms with Gasteiger partial charge in [0.05, 0.1) is 24.7 Å². The minimum absolute atomic E-state index is 0.0454. The molecule has 1 heterocycles. The number of hydrogen-bond acceptors (Lipinski definition) is 5. The van der Waals surface area contributed by atoms with Crippen molar-refractivity contribution in [1.29, 1.82) is 0 Å². The summed E-state index contributed by atoms with van der Waals surface area (Å²) in [5.74, 6) is 1.57. The summed E-state index contributed by atoms with van der Waals surface area (Å²) in [6, 6.07) is 0. The summed E-state index contributed by atoms with van der Waals surface area (Å²) in [6.07, 6.45) is 6.17. The molecule has 0 saturated carbocycles. The van der Waals surface area contributed by atoms with Crippen LogP contribution in [0.5, 0.6) is 0 Å². The molecule has 7 heteroatoms. The van der Waals surface area contributed by atoms with Crippen LogP contribution in [0.25, 0.3) is 0 Å². The Labute approximate surface area is 143 Å². The highest BCUT2D eigenvalue weighted by molar-refractivity contribution is 8.33. The SMILES string of the molecule is CCCCCCC(=O)CS1(OS(=O)(=O)CCCC)CCOCC1. The van der Waals surface area contributed by atoms with Gasteiger partial charge in [0.25, 0.3) is 10.1 Å². The first-order valence-corrected chi connectivity index (χ1v) is 12.4. The van der Waals surface area contributed by atoms with Crippen LogP contribution in [0.15, 0.2) is 0 Å². The first-order valence-electron chi connectivity index (χ1n) is 8.72. The number of ether oxygens (including phenoxy) is 1. The van der Waals surface area contributed by atoms with Crippen LogP contribution in [0.4, 0.5) is 0 Å². The van der Waals surface area contributed by atoms with Gasteiger partial charge in [-0.05, 0) is 12.8 Å². The second-order valence-corrected chi connectivity index (χ2v) is 11.3. The Morgan fingerprint density at radius 2 is 1.70 bits per heavy atom. The lowest BCUT2D eigenvalue weighted by Crippen LogP contribution is -2.32. The van der Waals surface area contributed by atoms with Crippen LogP contribution in [0, 0.1) is 0 Å². The van der Waals surface area contributed by atoms with Crippen LogP contribution < -0.4 is 0 Å². The van der Waals surface area contributed by atoms with Crippen molar-refractivity contribution >= 4 is 26.2 Å². The molecule has 0 aromatic rings. The molecule has 0 radical (unpaired) electrons. The van der Waals surface area contributed by atoms with Gasteiger partial charge in [0.15, 0.2) is 0 Å². The maximum absolute atomic E-state index is 12.3. The van der Waals surface area contributed by atoms with E-state index in [1.54, 1.807) is 0 Å². The quantitative estimate of drug-likeness (QED) is 0.494. The van der Waals surface area contributed by atoms with Gasteiger partial charge in [0.1, 0.15) is 5.78 Å². The summed E-state index contributed by atoms with van der Waals surface area (Å²) in [5, 5.41) is 0. The summed E-state index contributed by atoms with van der Waals surface area (Å²) in [7, 11) is -5.44. The van der Waals surface area contributed by atoms with Crippen molar-refractivity contribution in [2.24, 2.45) is 0 Å². The van der Waals surface area contributed by atoms with E-state index >= 15 is 0 Å². The van der Waals surface area contributed by atoms with Crippen LogP contribution in [-0.2, 0) is 23.3 Å². The molecule has 0 N–H and O–H groups in total. The molecule has 1 aliphatic heterocycles. The Kier molecular flexibility index (Phi) is 9.73. The standard InChI is InChI=1S/C16H32O5S2/c1-3-5-7-8-9-16(17)15-22(13-10-20-11-14-22)21-23(18,19)12-6-4-2/h3-15H2,1-2H3. The van der Waals surface area contributed by atoms with Gasteiger partial charge < -0.3 is 4.74 Å². The average molecular weight is 369 g/mol.